The first kappa shape index (κ1) is 23.1. The molecule has 1 unspecified atom stereocenters. The number of hydrogen-bond acceptors (Lipinski definition) is 4. The van der Waals surface area contributed by atoms with Gasteiger partial charge in [-0.1, -0.05) is 0 Å². The lowest BCUT2D eigenvalue weighted by atomic mass is 10.0. The van der Waals surface area contributed by atoms with E-state index in [0.717, 1.165) is 18.2 Å². The van der Waals surface area contributed by atoms with Crippen LogP contribution in [0.2, 0.25) is 0 Å². The number of likely N-dealkylation sites (N-methyl/N-ethyl adjacent to an activating group) is 1. The van der Waals surface area contributed by atoms with Gasteiger partial charge < -0.3 is 14.7 Å². The van der Waals surface area contributed by atoms with Crippen LogP contribution in [0.3, 0.4) is 0 Å². The third-order valence-electron chi connectivity index (χ3n) is 5.00. The van der Waals surface area contributed by atoms with Crippen LogP contribution in [-0.4, -0.2) is 40.3 Å². The number of nitrogens with one attached hydrogen (secondary N) is 1. The van der Waals surface area contributed by atoms with Crippen molar-refractivity contribution in [1.82, 2.24) is 4.90 Å². The van der Waals surface area contributed by atoms with Crippen LogP contribution in [0.4, 0.5) is 18.9 Å². The summed E-state index contributed by atoms with van der Waals surface area (Å²) >= 11 is 3.13. The number of phenols is 1. The summed E-state index contributed by atoms with van der Waals surface area (Å²) in [6.45, 7) is 0.106. The number of aromatic hydroxyl groups is 1. The standard InChI is InChI=1S/C22H16BrF3N2O4S/c1-28-4-5-32-19-3-2-12(24)8-14(19)13-9-18(17(26)10-16(13)25)27-33(31)20-7-11(22(28)30)6-15(23)21(20)29/h2-3,6-10,27,29H,4-5H2,1H3. The molecule has 2 N–H and O–H groups in total. The van der Waals surface area contributed by atoms with E-state index in [1.807, 2.05) is 0 Å². The van der Waals surface area contributed by atoms with E-state index in [0.29, 0.717) is 6.07 Å². The Morgan fingerprint density at radius 1 is 1.09 bits per heavy atom. The molecular weight excluding hydrogens is 525 g/mol. The first-order chi connectivity index (χ1) is 15.7. The van der Waals surface area contributed by atoms with Gasteiger partial charge in [0, 0.05) is 29.8 Å². The van der Waals surface area contributed by atoms with Crippen LogP contribution >= 0.6 is 15.9 Å². The molecule has 1 heterocycles. The van der Waals surface area contributed by atoms with Crippen LogP contribution in [0, 0.1) is 17.5 Å². The quantitative estimate of drug-likeness (QED) is 0.427. The van der Waals surface area contributed by atoms with Gasteiger partial charge in [-0.3, -0.25) is 9.52 Å². The number of phenolic OH excluding ortho intramolecular Hbond substituents is 1. The van der Waals surface area contributed by atoms with Gasteiger partial charge in [-0.25, -0.2) is 17.4 Å². The van der Waals surface area contributed by atoms with Crippen LogP contribution in [0.25, 0.3) is 11.1 Å². The van der Waals surface area contributed by atoms with Crippen molar-refractivity contribution in [1.29, 1.82) is 0 Å². The fourth-order valence-electron chi connectivity index (χ4n) is 3.28. The zero-order chi connectivity index (χ0) is 23.9. The molecule has 0 aliphatic carbocycles. The summed E-state index contributed by atoms with van der Waals surface area (Å²) in [5.41, 5.74) is -0.427. The number of fused-ring (bicyclic) bond motifs is 6. The Labute approximate surface area is 197 Å². The number of amides is 1. The molecule has 0 fully saturated rings. The van der Waals surface area contributed by atoms with Crippen molar-refractivity contribution in [2.24, 2.45) is 0 Å². The maximum Gasteiger partial charge on any atom is 0.253 e. The number of halogens is 4. The minimum absolute atomic E-state index is 0.00711. The van der Waals surface area contributed by atoms with E-state index in [1.54, 1.807) is 0 Å². The number of anilines is 1. The molecule has 11 heteroatoms. The van der Waals surface area contributed by atoms with Crippen molar-refractivity contribution in [3.05, 3.63) is 70.0 Å². The molecule has 1 atom stereocenters. The number of hydrogen-bond donors (Lipinski definition) is 2. The highest BCUT2D eigenvalue weighted by molar-refractivity contribution is 9.10. The van der Waals surface area contributed by atoms with Crippen molar-refractivity contribution in [3.8, 4) is 22.6 Å². The van der Waals surface area contributed by atoms with Crippen molar-refractivity contribution in [2.45, 2.75) is 4.90 Å². The van der Waals surface area contributed by atoms with E-state index < -0.39 is 40.1 Å². The monoisotopic (exact) mass is 540 g/mol. The lowest BCUT2D eigenvalue weighted by molar-refractivity contribution is 0.0773. The number of rotatable bonds is 0. The Balaban J connectivity index is 1.91. The number of nitrogens with zero attached hydrogens (tertiary/aromatic N) is 1. The largest absolute Gasteiger partial charge is 0.505 e. The van der Waals surface area contributed by atoms with Gasteiger partial charge in [0.1, 0.15) is 40.5 Å². The van der Waals surface area contributed by atoms with E-state index in [9.17, 15) is 27.3 Å². The van der Waals surface area contributed by atoms with E-state index >= 15 is 0 Å². The number of carbonyl (C=O) groups is 1. The molecule has 3 aromatic carbocycles. The molecule has 0 saturated heterocycles. The molecule has 0 radical (unpaired) electrons. The van der Waals surface area contributed by atoms with Gasteiger partial charge in [0.25, 0.3) is 5.91 Å². The predicted molar refractivity (Wildman–Crippen MR) is 120 cm³/mol. The van der Waals surface area contributed by atoms with E-state index in [2.05, 4.69) is 20.7 Å². The Bertz CT molecular complexity index is 1310. The number of ether oxygens (including phenoxy) is 1. The second kappa shape index (κ2) is 9.06. The molecule has 1 aliphatic heterocycles. The Kier molecular flexibility index (Phi) is 6.35. The molecule has 4 bridgehead atoms. The van der Waals surface area contributed by atoms with Crippen LogP contribution < -0.4 is 9.46 Å². The van der Waals surface area contributed by atoms with Crippen molar-refractivity contribution in [2.75, 3.05) is 24.9 Å². The summed E-state index contributed by atoms with van der Waals surface area (Å²) in [6.07, 6.45) is 0. The molecule has 0 aromatic heterocycles. The summed E-state index contributed by atoms with van der Waals surface area (Å²) in [5.74, 6) is -3.46. The van der Waals surface area contributed by atoms with Gasteiger partial charge in [-0.2, -0.15) is 0 Å². The van der Waals surface area contributed by atoms with Crippen LogP contribution in [0.15, 0.2) is 51.8 Å². The minimum Gasteiger partial charge on any atom is -0.505 e. The SMILES string of the molecule is CN1CCOc2ccc(F)cc2-c2cc(c(F)cc2F)NS(=O)c2cc(cc(Br)c2O)C1=O. The van der Waals surface area contributed by atoms with Gasteiger partial charge in [0.15, 0.2) is 11.0 Å². The molecule has 172 valence electrons. The number of carbonyl (C=O) groups excluding carboxylic acids is 1. The predicted octanol–water partition coefficient (Wildman–Crippen LogP) is 4.84. The van der Waals surface area contributed by atoms with Crippen LogP contribution in [-0.2, 0) is 11.0 Å². The molecule has 1 aliphatic rings. The fraction of sp³-hybridized carbons (Fsp3) is 0.136. The maximum absolute atomic E-state index is 14.7. The van der Waals surface area contributed by atoms with Gasteiger partial charge in [-0.05, 0) is 52.3 Å². The Morgan fingerprint density at radius 2 is 1.85 bits per heavy atom. The molecule has 0 spiro atoms. The zero-order valence-corrected chi connectivity index (χ0v) is 19.4. The van der Waals surface area contributed by atoms with Crippen molar-refractivity contribution >= 4 is 38.5 Å². The van der Waals surface area contributed by atoms with Gasteiger partial charge in [0.05, 0.1) is 16.7 Å². The van der Waals surface area contributed by atoms with Crippen LogP contribution in [0.5, 0.6) is 11.5 Å². The van der Waals surface area contributed by atoms with E-state index in [4.69, 9.17) is 4.74 Å². The second-order valence-electron chi connectivity index (χ2n) is 7.20. The summed E-state index contributed by atoms with van der Waals surface area (Å²) in [5, 5.41) is 10.4. The second-order valence-corrected chi connectivity index (χ2v) is 9.24. The number of benzene rings is 3. The third-order valence-corrected chi connectivity index (χ3v) is 6.72. The van der Waals surface area contributed by atoms with Crippen molar-refractivity contribution < 1.29 is 32.0 Å². The Hall–Kier alpha value is -3.05. The summed E-state index contributed by atoms with van der Waals surface area (Å²) in [6, 6.07) is 7.66. The first-order valence-corrected chi connectivity index (χ1v) is 11.5. The molecule has 3 aromatic rings. The average molecular weight is 541 g/mol. The van der Waals surface area contributed by atoms with Crippen molar-refractivity contribution in [3.63, 3.8) is 0 Å². The van der Waals surface area contributed by atoms with Gasteiger partial charge >= 0.3 is 0 Å². The minimum atomic E-state index is -2.24. The lowest BCUT2D eigenvalue weighted by Crippen LogP contribution is -2.31. The zero-order valence-electron chi connectivity index (χ0n) is 17.0. The highest BCUT2D eigenvalue weighted by Gasteiger charge is 2.23. The van der Waals surface area contributed by atoms with E-state index in [1.165, 1.54) is 30.1 Å². The lowest BCUT2D eigenvalue weighted by Gasteiger charge is -2.19. The molecule has 1 amide bonds. The normalized spacial score (nSPS) is 16.2. The van der Waals surface area contributed by atoms with Gasteiger partial charge in [-0.15, -0.1) is 0 Å². The topological polar surface area (TPSA) is 78.9 Å². The average Bonchev–Trinajstić information content (AvgIpc) is 2.77. The van der Waals surface area contributed by atoms with Gasteiger partial charge in [0.2, 0.25) is 0 Å². The van der Waals surface area contributed by atoms with Crippen LogP contribution in [0.1, 0.15) is 10.4 Å². The van der Waals surface area contributed by atoms with E-state index in [-0.39, 0.29) is 50.6 Å². The highest BCUT2D eigenvalue weighted by atomic mass is 79.9. The Morgan fingerprint density at radius 3 is 2.61 bits per heavy atom. The highest BCUT2D eigenvalue weighted by Crippen LogP contribution is 2.37. The molecule has 6 nitrogen and oxygen atoms in total. The smallest absolute Gasteiger partial charge is 0.253 e. The first-order valence-electron chi connectivity index (χ1n) is 9.54. The molecule has 33 heavy (non-hydrogen) atoms. The fourth-order valence-corrected chi connectivity index (χ4v) is 4.86. The summed E-state index contributed by atoms with van der Waals surface area (Å²) < 4.78 is 64.3. The third kappa shape index (κ3) is 4.55. The molecular formula is C22H16BrF3N2O4S. The molecule has 0 saturated carbocycles. The molecule has 4 rings (SSSR count). The summed E-state index contributed by atoms with van der Waals surface area (Å²) in [7, 11) is -0.725. The summed E-state index contributed by atoms with van der Waals surface area (Å²) in [4.78, 5) is 14.0. The maximum atomic E-state index is 14.7.